The van der Waals surface area contributed by atoms with Crippen LogP contribution in [0.25, 0.3) is 10.9 Å². The summed E-state index contributed by atoms with van der Waals surface area (Å²) in [7, 11) is 5.88. The number of rotatable bonds is 11. The van der Waals surface area contributed by atoms with Gasteiger partial charge in [0.2, 0.25) is 5.95 Å². The highest BCUT2D eigenvalue weighted by atomic mass is 16.5. The molecule has 2 aromatic carbocycles. The van der Waals surface area contributed by atoms with Gasteiger partial charge in [-0.25, -0.2) is 9.78 Å². The molecular formula is C31H45N7O3. The summed E-state index contributed by atoms with van der Waals surface area (Å²) in [4.78, 5) is 27.3. The van der Waals surface area contributed by atoms with Crippen molar-refractivity contribution in [3.8, 4) is 5.75 Å². The molecule has 0 aliphatic carbocycles. The van der Waals surface area contributed by atoms with Crippen LogP contribution >= 0.6 is 0 Å². The van der Waals surface area contributed by atoms with Crippen molar-refractivity contribution in [2.75, 3.05) is 62.9 Å². The van der Waals surface area contributed by atoms with Crippen molar-refractivity contribution in [1.29, 1.82) is 0 Å². The molecule has 2 heterocycles. The Morgan fingerprint density at radius 3 is 2.49 bits per heavy atom. The molecule has 0 saturated carbocycles. The molecule has 3 aromatic rings. The minimum absolute atomic E-state index is 0.305. The van der Waals surface area contributed by atoms with Crippen LogP contribution < -0.4 is 20.3 Å². The normalized spacial score (nSPS) is 14.6. The number of fused-ring (bicyclic) bond motifs is 1. The van der Waals surface area contributed by atoms with E-state index in [2.05, 4.69) is 46.7 Å². The van der Waals surface area contributed by atoms with E-state index >= 15 is 0 Å². The maximum absolute atomic E-state index is 11.6. The lowest BCUT2D eigenvalue weighted by Crippen LogP contribution is -2.45. The summed E-state index contributed by atoms with van der Waals surface area (Å²) >= 11 is 0. The fourth-order valence-electron chi connectivity index (χ4n) is 5.40. The molecule has 0 spiro atoms. The Morgan fingerprint density at radius 1 is 1.10 bits per heavy atom. The van der Waals surface area contributed by atoms with E-state index in [1.165, 1.54) is 16.2 Å². The lowest BCUT2D eigenvalue weighted by molar-refractivity contribution is 0.100. The van der Waals surface area contributed by atoms with Crippen LogP contribution in [0.5, 0.6) is 5.75 Å². The summed E-state index contributed by atoms with van der Waals surface area (Å²) in [5.74, 6) is 2.31. The van der Waals surface area contributed by atoms with E-state index in [1.807, 2.05) is 51.1 Å². The number of likely N-dealkylation sites (tertiary alicyclic amines) is 1. The Labute approximate surface area is 243 Å². The first-order valence-corrected chi connectivity index (χ1v) is 14.4. The maximum atomic E-state index is 11.6. The molecule has 1 amide bonds. The Balaban J connectivity index is 1.39. The van der Waals surface area contributed by atoms with Gasteiger partial charge in [-0.3, -0.25) is 4.90 Å². The lowest BCUT2D eigenvalue weighted by Gasteiger charge is -2.34. The molecule has 1 aliphatic heterocycles. The van der Waals surface area contributed by atoms with Crippen LogP contribution in [0.4, 0.5) is 22.2 Å². The number of hydrogen-bond acceptors (Lipinski definition) is 8. The SMILES string of the molecule is COc1cccc(N(C)C)c1CN1CCC(Nc2nc(NCCCN(C(=O)O)C(C)(C)C)nc3ccccc23)CC1. The third-order valence-electron chi connectivity index (χ3n) is 7.61. The van der Waals surface area contributed by atoms with Gasteiger partial charge in [0, 0.05) is 75.0 Å². The molecule has 222 valence electrons. The van der Waals surface area contributed by atoms with Crippen LogP contribution in [-0.2, 0) is 6.54 Å². The number of para-hydroxylation sites is 1. The molecule has 4 rings (SSSR count). The minimum Gasteiger partial charge on any atom is -0.496 e. The van der Waals surface area contributed by atoms with Gasteiger partial charge in [0.15, 0.2) is 0 Å². The maximum Gasteiger partial charge on any atom is 0.407 e. The second-order valence-corrected chi connectivity index (χ2v) is 11.8. The number of ether oxygens (including phenoxy) is 1. The molecular weight excluding hydrogens is 518 g/mol. The van der Waals surface area contributed by atoms with Gasteiger partial charge in [0.25, 0.3) is 0 Å². The first-order valence-electron chi connectivity index (χ1n) is 14.4. The highest BCUT2D eigenvalue weighted by molar-refractivity contribution is 5.90. The number of aromatic nitrogens is 2. The molecule has 1 aliphatic rings. The highest BCUT2D eigenvalue weighted by Crippen LogP contribution is 2.31. The first-order chi connectivity index (χ1) is 19.6. The van der Waals surface area contributed by atoms with Gasteiger partial charge in [0.05, 0.1) is 12.6 Å². The third kappa shape index (κ3) is 7.70. The predicted molar refractivity (Wildman–Crippen MR) is 166 cm³/mol. The largest absolute Gasteiger partial charge is 0.496 e. The number of methoxy groups -OCH3 is 1. The first kappa shape index (κ1) is 30.2. The van der Waals surface area contributed by atoms with E-state index in [4.69, 9.17) is 14.7 Å². The van der Waals surface area contributed by atoms with Crippen molar-refractivity contribution in [3.05, 3.63) is 48.0 Å². The van der Waals surface area contributed by atoms with Gasteiger partial charge in [0.1, 0.15) is 11.6 Å². The van der Waals surface area contributed by atoms with Gasteiger partial charge < -0.3 is 30.3 Å². The molecule has 10 heteroatoms. The van der Waals surface area contributed by atoms with Crippen molar-refractivity contribution in [2.45, 2.75) is 58.2 Å². The Morgan fingerprint density at radius 2 is 1.83 bits per heavy atom. The highest BCUT2D eigenvalue weighted by Gasteiger charge is 2.26. The molecule has 0 atom stereocenters. The summed E-state index contributed by atoms with van der Waals surface area (Å²) in [6, 6.07) is 14.6. The van der Waals surface area contributed by atoms with Gasteiger partial charge in [-0.1, -0.05) is 18.2 Å². The van der Waals surface area contributed by atoms with Crippen LogP contribution in [0.15, 0.2) is 42.5 Å². The Kier molecular flexibility index (Phi) is 9.75. The number of benzene rings is 2. The van der Waals surface area contributed by atoms with E-state index in [0.717, 1.165) is 54.9 Å². The summed E-state index contributed by atoms with van der Waals surface area (Å²) in [6.45, 7) is 9.54. The summed E-state index contributed by atoms with van der Waals surface area (Å²) in [5.41, 5.74) is 2.84. The van der Waals surface area contributed by atoms with Gasteiger partial charge >= 0.3 is 6.09 Å². The molecule has 1 saturated heterocycles. The van der Waals surface area contributed by atoms with E-state index in [0.29, 0.717) is 31.5 Å². The molecule has 0 bridgehead atoms. The summed E-state index contributed by atoms with van der Waals surface area (Å²) < 4.78 is 5.69. The van der Waals surface area contributed by atoms with Crippen LogP contribution in [0.2, 0.25) is 0 Å². The van der Waals surface area contributed by atoms with Crippen LogP contribution in [0, 0.1) is 0 Å². The predicted octanol–water partition coefficient (Wildman–Crippen LogP) is 5.36. The van der Waals surface area contributed by atoms with Crippen molar-refractivity contribution in [1.82, 2.24) is 19.8 Å². The topological polar surface area (TPSA) is 106 Å². The van der Waals surface area contributed by atoms with Gasteiger partial charge in [-0.2, -0.15) is 4.98 Å². The molecule has 1 aromatic heterocycles. The zero-order valence-electron chi connectivity index (χ0n) is 25.3. The monoisotopic (exact) mass is 563 g/mol. The smallest absolute Gasteiger partial charge is 0.407 e. The molecule has 3 N–H and O–H groups in total. The van der Waals surface area contributed by atoms with Crippen molar-refractivity contribution in [3.63, 3.8) is 0 Å². The zero-order valence-corrected chi connectivity index (χ0v) is 25.3. The third-order valence-corrected chi connectivity index (χ3v) is 7.61. The number of hydrogen-bond donors (Lipinski definition) is 3. The number of carboxylic acid groups (broad SMARTS) is 1. The summed E-state index contributed by atoms with van der Waals surface area (Å²) in [5, 5.41) is 17.6. The van der Waals surface area contributed by atoms with E-state index in [9.17, 15) is 9.90 Å². The molecule has 0 unspecified atom stereocenters. The molecule has 10 nitrogen and oxygen atoms in total. The molecule has 41 heavy (non-hydrogen) atoms. The van der Waals surface area contributed by atoms with Crippen LogP contribution in [0.3, 0.4) is 0 Å². The van der Waals surface area contributed by atoms with E-state index in [1.54, 1.807) is 7.11 Å². The second kappa shape index (κ2) is 13.2. The fourth-order valence-corrected chi connectivity index (χ4v) is 5.40. The quantitative estimate of drug-likeness (QED) is 0.266. The standard InChI is InChI=1S/C31H45N7O3/c1-31(2,3)38(30(39)40)18-10-17-32-29-34-25-12-8-7-11-23(25)28(35-29)33-22-15-19-37(20-16-22)21-24-26(36(4)5)13-9-14-27(24)41-6/h7-9,11-14,22H,10,15-21H2,1-6H3,(H,39,40)(H2,32,33,34,35). The number of nitrogens with one attached hydrogen (secondary N) is 2. The molecule has 0 radical (unpaired) electrons. The van der Waals surface area contributed by atoms with Gasteiger partial charge in [-0.15, -0.1) is 0 Å². The Bertz CT molecular complexity index is 1320. The Hall–Kier alpha value is -3.79. The number of nitrogens with zero attached hydrogens (tertiary/aromatic N) is 5. The van der Waals surface area contributed by atoms with Gasteiger partial charge in [-0.05, 0) is 64.3 Å². The zero-order chi connectivity index (χ0) is 29.6. The van der Waals surface area contributed by atoms with Crippen molar-refractivity contribution in [2.24, 2.45) is 0 Å². The average molecular weight is 564 g/mol. The number of carbonyl (C=O) groups is 1. The number of piperidine rings is 1. The summed E-state index contributed by atoms with van der Waals surface area (Å²) in [6.07, 6.45) is 1.76. The second-order valence-electron chi connectivity index (χ2n) is 11.8. The average Bonchev–Trinajstić information content (AvgIpc) is 2.93. The molecule has 1 fully saturated rings. The fraction of sp³-hybridized carbons (Fsp3) is 0.516. The minimum atomic E-state index is -0.905. The van der Waals surface area contributed by atoms with Crippen molar-refractivity contribution >= 4 is 34.4 Å². The lowest BCUT2D eigenvalue weighted by atomic mass is 10.0. The van der Waals surface area contributed by atoms with Crippen LogP contribution in [0.1, 0.15) is 45.6 Å². The van der Waals surface area contributed by atoms with E-state index in [-0.39, 0.29) is 0 Å². The van der Waals surface area contributed by atoms with Crippen molar-refractivity contribution < 1.29 is 14.6 Å². The number of amides is 1. The number of anilines is 3. The van der Waals surface area contributed by atoms with E-state index < -0.39 is 11.6 Å². The van der Waals surface area contributed by atoms with Crippen LogP contribution in [-0.4, -0.2) is 89.9 Å².